The third-order valence-electron chi connectivity index (χ3n) is 3.94. The van der Waals surface area contributed by atoms with Crippen LogP contribution in [0.3, 0.4) is 0 Å². The molecule has 2 aromatic carbocycles. The lowest BCUT2D eigenvalue weighted by Gasteiger charge is -2.09. The van der Waals surface area contributed by atoms with E-state index in [9.17, 15) is 4.79 Å². The molecule has 0 saturated carbocycles. The molecule has 142 valence electrons. The summed E-state index contributed by atoms with van der Waals surface area (Å²) in [5, 5.41) is 1.78. The Morgan fingerprint density at radius 3 is 2.71 bits per heavy atom. The van der Waals surface area contributed by atoms with E-state index in [-0.39, 0.29) is 5.78 Å². The largest absolute Gasteiger partial charge is 0.496 e. The number of hydrogen-bond donors (Lipinski definition) is 0. The quantitative estimate of drug-likeness (QED) is 0.241. The van der Waals surface area contributed by atoms with Gasteiger partial charge in [0.15, 0.2) is 5.78 Å². The third kappa shape index (κ3) is 5.38. The van der Waals surface area contributed by atoms with Crippen LogP contribution in [0, 0.1) is 0 Å². The minimum atomic E-state index is -0.179. The van der Waals surface area contributed by atoms with E-state index in [2.05, 4.69) is 4.98 Å². The summed E-state index contributed by atoms with van der Waals surface area (Å²) in [6, 6.07) is 16.4. The van der Waals surface area contributed by atoms with Crippen molar-refractivity contribution < 1.29 is 9.53 Å². The van der Waals surface area contributed by atoms with E-state index < -0.39 is 0 Å². The molecule has 0 aliphatic carbocycles. The number of benzene rings is 2. The number of aromatic nitrogens is 1. The molecule has 0 aliphatic rings. The first kappa shape index (κ1) is 20.5. The predicted molar refractivity (Wildman–Crippen MR) is 117 cm³/mol. The van der Waals surface area contributed by atoms with Gasteiger partial charge in [0.2, 0.25) is 0 Å². The number of carbonyl (C=O) groups is 1. The van der Waals surface area contributed by atoms with Gasteiger partial charge in [-0.2, -0.15) is 0 Å². The minimum Gasteiger partial charge on any atom is -0.496 e. The molecule has 28 heavy (non-hydrogen) atoms. The first-order valence-corrected chi connectivity index (χ1v) is 10.2. The molecular formula is C22H17Cl2NO2S. The van der Waals surface area contributed by atoms with Crippen LogP contribution in [0.4, 0.5) is 0 Å². The molecule has 0 radical (unpaired) electrons. The molecule has 1 heterocycles. The van der Waals surface area contributed by atoms with Gasteiger partial charge in [-0.25, -0.2) is 4.98 Å². The molecule has 0 amide bonds. The maximum Gasteiger partial charge on any atom is 0.187 e. The number of ketones is 1. The van der Waals surface area contributed by atoms with Crippen LogP contribution in [-0.4, -0.2) is 17.9 Å². The van der Waals surface area contributed by atoms with Crippen LogP contribution in [0.25, 0.3) is 6.08 Å². The Morgan fingerprint density at radius 2 is 2.00 bits per heavy atom. The van der Waals surface area contributed by atoms with Gasteiger partial charge in [0, 0.05) is 28.1 Å². The van der Waals surface area contributed by atoms with Gasteiger partial charge in [-0.3, -0.25) is 4.79 Å². The molecule has 0 fully saturated rings. The van der Waals surface area contributed by atoms with Crippen molar-refractivity contribution in [2.75, 3.05) is 7.11 Å². The monoisotopic (exact) mass is 429 g/mol. The summed E-state index contributed by atoms with van der Waals surface area (Å²) >= 11 is 13.6. The van der Waals surface area contributed by atoms with Crippen molar-refractivity contribution in [2.24, 2.45) is 0 Å². The fourth-order valence-corrected chi connectivity index (χ4v) is 3.89. The highest BCUT2D eigenvalue weighted by Crippen LogP contribution is 2.28. The van der Waals surface area contributed by atoms with Gasteiger partial charge in [0.05, 0.1) is 17.2 Å². The van der Waals surface area contributed by atoms with E-state index in [0.29, 0.717) is 21.4 Å². The lowest BCUT2D eigenvalue weighted by atomic mass is 10.1. The van der Waals surface area contributed by atoms with Gasteiger partial charge in [0.25, 0.3) is 0 Å². The molecule has 0 bridgehead atoms. The molecule has 0 N–H and O–H groups in total. The fraction of sp³-hybridized carbons (Fsp3) is 0.0909. The Morgan fingerprint density at radius 1 is 1.14 bits per heavy atom. The second-order valence-electron chi connectivity index (χ2n) is 5.85. The molecule has 3 aromatic rings. The molecule has 0 atom stereocenters. The lowest BCUT2D eigenvalue weighted by Crippen LogP contribution is -1.95. The van der Waals surface area contributed by atoms with Gasteiger partial charge in [-0.1, -0.05) is 41.4 Å². The van der Waals surface area contributed by atoms with Crippen LogP contribution in [0.15, 0.2) is 71.9 Å². The molecule has 0 unspecified atom stereocenters. The fourth-order valence-electron chi connectivity index (χ4n) is 2.55. The molecule has 0 aliphatic heterocycles. The van der Waals surface area contributed by atoms with Crippen molar-refractivity contribution >= 4 is 46.8 Å². The van der Waals surface area contributed by atoms with E-state index in [1.807, 2.05) is 36.4 Å². The Labute approximate surface area is 178 Å². The number of methoxy groups -OCH3 is 1. The molecule has 3 rings (SSSR count). The van der Waals surface area contributed by atoms with Crippen molar-refractivity contribution in [3.8, 4) is 5.75 Å². The zero-order valence-corrected chi connectivity index (χ0v) is 17.4. The summed E-state index contributed by atoms with van der Waals surface area (Å²) in [6.07, 6.45) is 5.04. The average Bonchev–Trinajstić information content (AvgIpc) is 2.71. The molecular weight excluding hydrogens is 413 g/mol. The smallest absolute Gasteiger partial charge is 0.187 e. The number of hydrogen-bond acceptors (Lipinski definition) is 4. The van der Waals surface area contributed by atoms with Gasteiger partial charge < -0.3 is 4.74 Å². The van der Waals surface area contributed by atoms with Gasteiger partial charge >= 0.3 is 0 Å². The highest BCUT2D eigenvalue weighted by molar-refractivity contribution is 7.98. The van der Waals surface area contributed by atoms with Crippen LogP contribution in [0.1, 0.15) is 21.5 Å². The zero-order chi connectivity index (χ0) is 19.9. The van der Waals surface area contributed by atoms with Crippen LogP contribution in [0.2, 0.25) is 10.0 Å². The van der Waals surface area contributed by atoms with E-state index in [4.69, 9.17) is 27.9 Å². The van der Waals surface area contributed by atoms with E-state index in [1.165, 1.54) is 6.08 Å². The van der Waals surface area contributed by atoms with Crippen LogP contribution in [-0.2, 0) is 5.75 Å². The molecule has 3 nitrogen and oxygen atoms in total. The number of pyridine rings is 1. The number of nitrogens with zero attached hydrogens (tertiary/aromatic N) is 1. The van der Waals surface area contributed by atoms with Crippen LogP contribution < -0.4 is 4.74 Å². The van der Waals surface area contributed by atoms with Crippen molar-refractivity contribution in [3.63, 3.8) is 0 Å². The Hall–Kier alpha value is -2.27. The Balaban J connectivity index is 1.76. The summed E-state index contributed by atoms with van der Waals surface area (Å²) in [6.45, 7) is 0. The number of ether oxygens (including phenoxy) is 1. The van der Waals surface area contributed by atoms with Gasteiger partial charge in [-0.05, 0) is 54.1 Å². The maximum absolute atomic E-state index is 12.4. The summed E-state index contributed by atoms with van der Waals surface area (Å²) in [5.74, 6) is 1.33. The summed E-state index contributed by atoms with van der Waals surface area (Å²) in [5.41, 5.74) is 2.34. The molecule has 0 spiro atoms. The normalized spacial score (nSPS) is 11.0. The zero-order valence-electron chi connectivity index (χ0n) is 15.1. The van der Waals surface area contributed by atoms with Gasteiger partial charge in [0.1, 0.15) is 5.75 Å². The van der Waals surface area contributed by atoms with Crippen molar-refractivity contribution in [1.82, 2.24) is 4.98 Å². The average molecular weight is 430 g/mol. The second-order valence-corrected chi connectivity index (χ2v) is 7.69. The Bertz CT molecular complexity index is 1010. The number of carbonyl (C=O) groups excluding carboxylic acids is 1. The number of thioether (sulfide) groups is 1. The molecule has 6 heteroatoms. The minimum absolute atomic E-state index is 0.179. The number of halogens is 2. The first-order chi connectivity index (χ1) is 13.6. The van der Waals surface area contributed by atoms with Crippen molar-refractivity contribution in [1.29, 1.82) is 0 Å². The van der Waals surface area contributed by atoms with Crippen molar-refractivity contribution in [3.05, 3.63) is 93.6 Å². The van der Waals surface area contributed by atoms with Gasteiger partial charge in [-0.15, -0.1) is 11.8 Å². The van der Waals surface area contributed by atoms with E-state index in [1.54, 1.807) is 49.3 Å². The standard InChI is InChI=1S/C22H17Cl2NO2S/c1-27-21-10-6-15(12-16(21)14-28-22-4-2-3-11-25-22)5-9-20(26)18-8-7-17(23)13-19(18)24/h2-13H,14H2,1H3/b9-5+. The third-order valence-corrected chi connectivity index (χ3v) is 5.48. The van der Waals surface area contributed by atoms with E-state index >= 15 is 0 Å². The highest BCUT2D eigenvalue weighted by Gasteiger charge is 2.09. The maximum atomic E-state index is 12.4. The second kappa shape index (κ2) is 9.78. The topological polar surface area (TPSA) is 39.2 Å². The van der Waals surface area contributed by atoms with E-state index in [0.717, 1.165) is 21.9 Å². The van der Waals surface area contributed by atoms with Crippen molar-refractivity contribution in [2.45, 2.75) is 10.8 Å². The molecule has 0 saturated heterocycles. The van der Waals surface area contributed by atoms with Crippen LogP contribution >= 0.6 is 35.0 Å². The summed E-state index contributed by atoms with van der Waals surface area (Å²) in [4.78, 5) is 16.7. The first-order valence-electron chi connectivity index (χ1n) is 8.45. The highest BCUT2D eigenvalue weighted by atomic mass is 35.5. The Kier molecular flexibility index (Phi) is 7.15. The summed E-state index contributed by atoms with van der Waals surface area (Å²) < 4.78 is 5.46. The number of rotatable bonds is 7. The van der Waals surface area contributed by atoms with Crippen LogP contribution in [0.5, 0.6) is 5.75 Å². The summed E-state index contributed by atoms with van der Waals surface area (Å²) in [7, 11) is 1.64. The lowest BCUT2D eigenvalue weighted by molar-refractivity contribution is 0.104. The SMILES string of the molecule is COc1ccc(/C=C/C(=O)c2ccc(Cl)cc2Cl)cc1CSc1ccccn1. The predicted octanol–water partition coefficient (Wildman–Crippen LogP) is 6.59. The number of allylic oxidation sites excluding steroid dienone is 1. The molecule has 1 aromatic heterocycles.